The molecule has 1 N–H and O–H groups in total. The number of carbonyl (C=O) groups is 1. The lowest BCUT2D eigenvalue weighted by Gasteiger charge is -2.13. The number of nitrogens with zero attached hydrogens (tertiary/aromatic N) is 2. The van der Waals surface area contributed by atoms with Crippen molar-refractivity contribution < 1.29 is 9.53 Å². The van der Waals surface area contributed by atoms with Gasteiger partial charge in [0.15, 0.2) is 0 Å². The fourth-order valence-corrected chi connectivity index (χ4v) is 2.85. The van der Waals surface area contributed by atoms with Crippen molar-refractivity contribution in [2.24, 2.45) is 0 Å². The molecule has 2 aromatic rings. The van der Waals surface area contributed by atoms with Gasteiger partial charge in [0.05, 0.1) is 7.11 Å². The molecule has 0 bridgehead atoms. The van der Waals surface area contributed by atoms with Crippen LogP contribution in [0.3, 0.4) is 0 Å². The molecule has 0 aliphatic carbocycles. The van der Waals surface area contributed by atoms with Gasteiger partial charge >= 0.3 is 5.97 Å². The van der Waals surface area contributed by atoms with Crippen LogP contribution in [0.2, 0.25) is 0 Å². The molecule has 2 rings (SSSR count). The molecule has 1 atom stereocenters. The summed E-state index contributed by atoms with van der Waals surface area (Å²) in [6.07, 6.45) is 2.46. The summed E-state index contributed by atoms with van der Waals surface area (Å²) in [4.78, 5) is 22.0. The maximum absolute atomic E-state index is 11.4. The molecular weight excluding hydrogens is 274 g/mol. The highest BCUT2D eigenvalue weighted by atomic mass is 32.1. The number of methoxy groups -OCH3 is 1. The van der Waals surface area contributed by atoms with Crippen LogP contribution in [0.1, 0.15) is 27.3 Å². The first-order valence-electron chi connectivity index (χ1n) is 6.31. The van der Waals surface area contributed by atoms with Gasteiger partial charge in [0.2, 0.25) is 5.82 Å². The summed E-state index contributed by atoms with van der Waals surface area (Å²) < 4.78 is 4.60. The number of nitrogens with one attached hydrogen (secondary N) is 1. The normalized spacial score (nSPS) is 11.9. The number of hydrogen-bond acceptors (Lipinski definition) is 6. The third-order valence-corrected chi connectivity index (χ3v) is 3.74. The molecule has 5 nitrogen and oxygen atoms in total. The number of anilines is 1. The summed E-state index contributed by atoms with van der Waals surface area (Å²) in [7, 11) is 1.31. The molecule has 0 radical (unpaired) electrons. The molecule has 0 aliphatic heterocycles. The third kappa shape index (κ3) is 3.77. The molecule has 0 amide bonds. The van der Waals surface area contributed by atoms with E-state index in [-0.39, 0.29) is 11.9 Å². The molecule has 0 saturated carbocycles. The summed E-state index contributed by atoms with van der Waals surface area (Å²) in [5.41, 5.74) is 0. The monoisotopic (exact) mass is 291 g/mol. The van der Waals surface area contributed by atoms with Crippen molar-refractivity contribution in [3.63, 3.8) is 0 Å². The minimum Gasteiger partial charge on any atom is -0.463 e. The Hall–Kier alpha value is -1.95. The van der Waals surface area contributed by atoms with Crippen molar-refractivity contribution in [2.75, 3.05) is 12.4 Å². The van der Waals surface area contributed by atoms with Crippen LogP contribution in [0.15, 0.2) is 24.4 Å². The zero-order valence-electron chi connectivity index (χ0n) is 11.7. The Kier molecular flexibility index (Phi) is 4.68. The van der Waals surface area contributed by atoms with Crippen molar-refractivity contribution in [2.45, 2.75) is 26.3 Å². The number of carbonyl (C=O) groups excluding carboxylic acids is 1. The molecular formula is C14H17N3O2S. The zero-order chi connectivity index (χ0) is 14.5. The van der Waals surface area contributed by atoms with Crippen molar-refractivity contribution >= 4 is 23.1 Å². The highest BCUT2D eigenvalue weighted by Gasteiger charge is 2.11. The summed E-state index contributed by atoms with van der Waals surface area (Å²) in [6.45, 7) is 4.17. The largest absolute Gasteiger partial charge is 0.463 e. The average molecular weight is 291 g/mol. The second kappa shape index (κ2) is 6.47. The second-order valence-electron chi connectivity index (χ2n) is 4.52. The van der Waals surface area contributed by atoms with E-state index in [1.54, 1.807) is 23.6 Å². The van der Waals surface area contributed by atoms with Crippen LogP contribution in [0.4, 0.5) is 5.82 Å². The summed E-state index contributed by atoms with van der Waals surface area (Å²) in [5, 5.41) is 3.27. The van der Waals surface area contributed by atoms with Crippen LogP contribution < -0.4 is 5.32 Å². The average Bonchev–Trinajstić information content (AvgIpc) is 2.83. The van der Waals surface area contributed by atoms with E-state index in [9.17, 15) is 4.79 Å². The maximum Gasteiger partial charge on any atom is 0.376 e. The van der Waals surface area contributed by atoms with E-state index in [0.717, 1.165) is 6.42 Å². The Labute approximate surface area is 122 Å². The van der Waals surface area contributed by atoms with E-state index in [2.05, 4.69) is 46.0 Å². The Bertz CT molecular complexity index is 598. The number of aromatic nitrogens is 2. The first kappa shape index (κ1) is 14.5. The zero-order valence-corrected chi connectivity index (χ0v) is 12.5. The first-order valence-corrected chi connectivity index (χ1v) is 7.13. The molecule has 20 heavy (non-hydrogen) atoms. The predicted molar refractivity (Wildman–Crippen MR) is 79.2 cm³/mol. The van der Waals surface area contributed by atoms with Gasteiger partial charge in [-0.1, -0.05) is 0 Å². The number of rotatable bonds is 5. The first-order chi connectivity index (χ1) is 9.58. The fraction of sp³-hybridized carbons (Fsp3) is 0.357. The summed E-state index contributed by atoms with van der Waals surface area (Å²) in [5.74, 6) is 0.160. The van der Waals surface area contributed by atoms with Crippen LogP contribution in [0, 0.1) is 6.92 Å². The van der Waals surface area contributed by atoms with Crippen molar-refractivity contribution in [1.29, 1.82) is 0 Å². The molecule has 0 fully saturated rings. The van der Waals surface area contributed by atoms with Crippen molar-refractivity contribution in [3.05, 3.63) is 40.0 Å². The van der Waals surface area contributed by atoms with E-state index in [1.807, 2.05) is 0 Å². The lowest BCUT2D eigenvalue weighted by atomic mass is 10.2. The van der Waals surface area contributed by atoms with Gasteiger partial charge in [-0.3, -0.25) is 0 Å². The van der Waals surface area contributed by atoms with Crippen LogP contribution >= 0.6 is 11.3 Å². The standard InChI is InChI=1S/C14H17N3O2S/c1-9(8-11-5-4-10(2)20-11)16-12-6-7-15-13(17-12)14(18)19-3/h4-7,9H,8H2,1-3H3,(H,15,16,17). The smallest absolute Gasteiger partial charge is 0.376 e. The van der Waals surface area contributed by atoms with Gasteiger partial charge in [0.1, 0.15) is 5.82 Å². The summed E-state index contributed by atoms with van der Waals surface area (Å²) in [6, 6.07) is 6.21. The van der Waals surface area contributed by atoms with Gasteiger partial charge < -0.3 is 10.1 Å². The Morgan fingerprint density at radius 1 is 1.45 bits per heavy atom. The molecule has 0 spiro atoms. The SMILES string of the molecule is COC(=O)c1nccc(NC(C)Cc2ccc(C)s2)n1. The quantitative estimate of drug-likeness (QED) is 0.858. The highest BCUT2D eigenvalue weighted by molar-refractivity contribution is 7.11. The van der Waals surface area contributed by atoms with Crippen molar-refractivity contribution in [3.8, 4) is 0 Å². The molecule has 2 heterocycles. The number of ether oxygens (including phenoxy) is 1. The van der Waals surface area contributed by atoms with E-state index in [1.165, 1.54) is 16.9 Å². The molecule has 106 valence electrons. The Morgan fingerprint density at radius 2 is 2.25 bits per heavy atom. The van der Waals surface area contributed by atoms with Gasteiger partial charge in [-0.05, 0) is 32.0 Å². The number of hydrogen-bond donors (Lipinski definition) is 1. The van der Waals surface area contributed by atoms with Crippen LogP contribution in [-0.4, -0.2) is 29.1 Å². The van der Waals surface area contributed by atoms with Gasteiger partial charge in [0.25, 0.3) is 0 Å². The molecule has 6 heteroatoms. The van der Waals surface area contributed by atoms with E-state index < -0.39 is 5.97 Å². The third-order valence-electron chi connectivity index (χ3n) is 2.72. The number of aryl methyl sites for hydroxylation is 1. The molecule has 2 aromatic heterocycles. The van der Waals surface area contributed by atoms with Gasteiger partial charge in [-0.2, -0.15) is 0 Å². The predicted octanol–water partition coefficient (Wildman–Crippen LogP) is 2.68. The second-order valence-corrected chi connectivity index (χ2v) is 5.89. The van der Waals surface area contributed by atoms with Gasteiger partial charge in [0, 0.05) is 28.4 Å². The molecule has 0 saturated heterocycles. The minimum absolute atomic E-state index is 0.0664. The minimum atomic E-state index is -0.532. The number of esters is 1. The topological polar surface area (TPSA) is 64.1 Å². The van der Waals surface area contributed by atoms with Gasteiger partial charge in [-0.25, -0.2) is 14.8 Å². The molecule has 0 aromatic carbocycles. The van der Waals surface area contributed by atoms with Crippen LogP contribution in [-0.2, 0) is 11.2 Å². The lowest BCUT2D eigenvalue weighted by Crippen LogP contribution is -2.19. The lowest BCUT2D eigenvalue weighted by molar-refractivity contribution is 0.0587. The van der Waals surface area contributed by atoms with Crippen molar-refractivity contribution in [1.82, 2.24) is 9.97 Å². The molecule has 1 unspecified atom stereocenters. The van der Waals surface area contributed by atoms with E-state index in [4.69, 9.17) is 0 Å². The Balaban J connectivity index is 2.00. The van der Waals surface area contributed by atoms with Crippen LogP contribution in [0.5, 0.6) is 0 Å². The molecule has 0 aliphatic rings. The van der Waals surface area contributed by atoms with Crippen LogP contribution in [0.25, 0.3) is 0 Å². The van der Waals surface area contributed by atoms with Gasteiger partial charge in [-0.15, -0.1) is 11.3 Å². The maximum atomic E-state index is 11.4. The Morgan fingerprint density at radius 3 is 2.90 bits per heavy atom. The highest BCUT2D eigenvalue weighted by Crippen LogP contribution is 2.18. The fourth-order valence-electron chi connectivity index (χ4n) is 1.83. The van der Waals surface area contributed by atoms with E-state index >= 15 is 0 Å². The summed E-state index contributed by atoms with van der Waals surface area (Å²) >= 11 is 1.79. The number of thiophene rings is 1. The van der Waals surface area contributed by atoms with E-state index in [0.29, 0.717) is 5.82 Å².